The third kappa shape index (κ3) is 3.75. The summed E-state index contributed by atoms with van der Waals surface area (Å²) in [4.78, 5) is 14.5. The Morgan fingerprint density at radius 2 is 2.00 bits per heavy atom. The molecule has 3 rings (SSSR count). The molecule has 1 aliphatic heterocycles. The van der Waals surface area contributed by atoms with Gasteiger partial charge in [-0.1, -0.05) is 35.9 Å². The zero-order chi connectivity index (χ0) is 16.2. The maximum Gasteiger partial charge on any atom is 0.253 e. The molecule has 1 atom stereocenters. The van der Waals surface area contributed by atoms with Gasteiger partial charge in [0.05, 0.1) is 0 Å². The molecule has 0 radical (unpaired) electrons. The number of thioether (sulfide) groups is 1. The Labute approximate surface area is 140 Å². The predicted octanol–water partition coefficient (Wildman–Crippen LogP) is 4.45. The number of nitrogens with zero attached hydrogens (tertiary/aromatic N) is 1. The van der Waals surface area contributed by atoms with Crippen molar-refractivity contribution in [2.75, 3.05) is 18.8 Å². The maximum absolute atomic E-state index is 14.0. The highest BCUT2D eigenvalue weighted by molar-refractivity contribution is 7.99. The molecule has 0 spiro atoms. The summed E-state index contributed by atoms with van der Waals surface area (Å²) >= 11 is 1.74. The second-order valence-electron chi connectivity index (χ2n) is 5.83. The van der Waals surface area contributed by atoms with E-state index in [1.165, 1.54) is 6.07 Å². The molecule has 23 heavy (non-hydrogen) atoms. The number of amides is 1. The molecule has 0 aromatic heterocycles. The molecule has 0 N–H and O–H groups in total. The zero-order valence-corrected chi connectivity index (χ0v) is 14.0. The van der Waals surface area contributed by atoms with Crippen LogP contribution in [-0.4, -0.2) is 29.6 Å². The van der Waals surface area contributed by atoms with Crippen molar-refractivity contribution in [3.8, 4) is 0 Å². The minimum atomic E-state index is -0.150. The second kappa shape index (κ2) is 7.18. The summed E-state index contributed by atoms with van der Waals surface area (Å²) in [6.45, 7) is 3.37. The fraction of sp³-hybridized carbons (Fsp3) is 0.316. The van der Waals surface area contributed by atoms with Crippen LogP contribution in [0, 0.1) is 12.7 Å². The quantitative estimate of drug-likeness (QED) is 0.811. The normalized spacial score (nSPS) is 18.5. The fourth-order valence-corrected chi connectivity index (χ4v) is 4.17. The van der Waals surface area contributed by atoms with E-state index in [9.17, 15) is 9.18 Å². The van der Waals surface area contributed by atoms with E-state index in [-0.39, 0.29) is 17.0 Å². The number of hydrogen-bond donors (Lipinski definition) is 0. The smallest absolute Gasteiger partial charge is 0.253 e. The van der Waals surface area contributed by atoms with Gasteiger partial charge in [0.15, 0.2) is 0 Å². The zero-order valence-electron chi connectivity index (χ0n) is 13.2. The summed E-state index contributed by atoms with van der Waals surface area (Å²) in [7, 11) is 0. The number of hydrogen-bond acceptors (Lipinski definition) is 2. The molecule has 120 valence electrons. The summed E-state index contributed by atoms with van der Waals surface area (Å²) in [6.07, 6.45) is 0.781. The van der Waals surface area contributed by atoms with Crippen LogP contribution in [0.3, 0.4) is 0 Å². The van der Waals surface area contributed by atoms with Gasteiger partial charge in [-0.15, -0.1) is 0 Å². The van der Waals surface area contributed by atoms with Gasteiger partial charge in [-0.25, -0.2) is 4.39 Å². The molecule has 1 amide bonds. The van der Waals surface area contributed by atoms with Crippen molar-refractivity contribution < 1.29 is 9.18 Å². The lowest BCUT2D eigenvalue weighted by atomic mass is 10.1. The first-order valence-corrected chi connectivity index (χ1v) is 8.92. The number of carbonyl (C=O) groups excluding carboxylic acids is 1. The highest BCUT2D eigenvalue weighted by Gasteiger charge is 2.24. The molecule has 1 unspecified atom stereocenters. The molecule has 1 saturated heterocycles. The number of carbonyl (C=O) groups is 1. The molecule has 2 aromatic carbocycles. The van der Waals surface area contributed by atoms with Gasteiger partial charge in [-0.05, 0) is 31.5 Å². The van der Waals surface area contributed by atoms with E-state index in [4.69, 9.17) is 0 Å². The Morgan fingerprint density at radius 3 is 2.78 bits per heavy atom. The molecule has 0 bridgehead atoms. The van der Waals surface area contributed by atoms with Gasteiger partial charge in [0.2, 0.25) is 0 Å². The van der Waals surface area contributed by atoms with Crippen molar-refractivity contribution in [3.63, 3.8) is 0 Å². The van der Waals surface area contributed by atoms with Gasteiger partial charge >= 0.3 is 0 Å². The Balaban J connectivity index is 1.71. The van der Waals surface area contributed by atoms with E-state index >= 15 is 0 Å². The summed E-state index contributed by atoms with van der Waals surface area (Å²) in [6, 6.07) is 14.6. The average Bonchev–Trinajstić information content (AvgIpc) is 2.80. The van der Waals surface area contributed by atoms with E-state index < -0.39 is 0 Å². The first-order valence-electron chi connectivity index (χ1n) is 7.87. The molecule has 2 nitrogen and oxygen atoms in total. The molecule has 2 aromatic rings. The van der Waals surface area contributed by atoms with Crippen molar-refractivity contribution in [2.45, 2.75) is 18.6 Å². The molecule has 4 heteroatoms. The van der Waals surface area contributed by atoms with Gasteiger partial charge in [0, 0.05) is 35.2 Å². The van der Waals surface area contributed by atoms with Crippen LogP contribution in [-0.2, 0) is 0 Å². The lowest BCUT2D eigenvalue weighted by Gasteiger charge is -2.20. The molecular weight excluding hydrogens is 309 g/mol. The number of aryl methyl sites for hydroxylation is 1. The number of benzene rings is 2. The molecule has 1 fully saturated rings. The van der Waals surface area contributed by atoms with Crippen LogP contribution < -0.4 is 0 Å². The highest BCUT2D eigenvalue weighted by Crippen LogP contribution is 2.35. The lowest BCUT2D eigenvalue weighted by molar-refractivity contribution is 0.0766. The Morgan fingerprint density at radius 1 is 1.17 bits per heavy atom. The van der Waals surface area contributed by atoms with Crippen LogP contribution >= 0.6 is 11.8 Å². The Bertz CT molecular complexity index is 703. The van der Waals surface area contributed by atoms with Crippen LogP contribution in [0.5, 0.6) is 0 Å². The Hall–Kier alpha value is -1.81. The minimum absolute atomic E-state index is 0.0727. The third-order valence-corrected chi connectivity index (χ3v) is 5.46. The Kier molecular flexibility index (Phi) is 5.01. The third-order valence-electron chi connectivity index (χ3n) is 4.15. The van der Waals surface area contributed by atoms with Crippen molar-refractivity contribution in [3.05, 3.63) is 71.0 Å². The van der Waals surface area contributed by atoms with E-state index in [0.29, 0.717) is 13.1 Å². The maximum atomic E-state index is 14.0. The molecular formula is C19H20FNOS. The van der Waals surface area contributed by atoms with Crippen LogP contribution in [0.4, 0.5) is 4.39 Å². The van der Waals surface area contributed by atoms with Crippen LogP contribution in [0.25, 0.3) is 0 Å². The minimum Gasteiger partial charge on any atom is -0.338 e. The first kappa shape index (κ1) is 16.1. The average molecular weight is 329 g/mol. The van der Waals surface area contributed by atoms with Crippen LogP contribution in [0.1, 0.15) is 33.2 Å². The second-order valence-corrected chi connectivity index (χ2v) is 7.14. The summed E-state index contributed by atoms with van der Waals surface area (Å²) in [5.41, 5.74) is 2.57. The van der Waals surface area contributed by atoms with Crippen molar-refractivity contribution >= 4 is 17.7 Å². The van der Waals surface area contributed by atoms with Gasteiger partial charge in [-0.2, -0.15) is 11.8 Å². The summed E-state index contributed by atoms with van der Waals surface area (Å²) < 4.78 is 14.0. The number of rotatable bonds is 2. The van der Waals surface area contributed by atoms with E-state index in [1.807, 2.05) is 48.2 Å². The molecule has 0 saturated carbocycles. The summed E-state index contributed by atoms with van der Waals surface area (Å²) in [5.74, 6) is 0.753. The SMILES string of the molecule is Cc1cccc(C(=O)N2CCSC(c3ccccc3F)CC2)c1. The van der Waals surface area contributed by atoms with Gasteiger partial charge in [0.1, 0.15) is 5.82 Å². The first-order chi connectivity index (χ1) is 11.1. The van der Waals surface area contributed by atoms with Gasteiger partial charge < -0.3 is 4.90 Å². The van der Waals surface area contributed by atoms with Crippen molar-refractivity contribution in [1.29, 1.82) is 0 Å². The van der Waals surface area contributed by atoms with E-state index in [1.54, 1.807) is 17.8 Å². The predicted molar refractivity (Wildman–Crippen MR) is 93.3 cm³/mol. The van der Waals surface area contributed by atoms with Crippen molar-refractivity contribution in [2.24, 2.45) is 0 Å². The topological polar surface area (TPSA) is 20.3 Å². The van der Waals surface area contributed by atoms with Crippen molar-refractivity contribution in [1.82, 2.24) is 4.90 Å². The largest absolute Gasteiger partial charge is 0.338 e. The van der Waals surface area contributed by atoms with Gasteiger partial charge in [-0.3, -0.25) is 4.79 Å². The fourth-order valence-electron chi connectivity index (χ4n) is 2.92. The lowest BCUT2D eigenvalue weighted by Crippen LogP contribution is -2.33. The number of halogens is 1. The molecule has 1 heterocycles. The molecule has 0 aliphatic carbocycles. The van der Waals surface area contributed by atoms with E-state index in [2.05, 4.69) is 0 Å². The van der Waals surface area contributed by atoms with Gasteiger partial charge in [0.25, 0.3) is 5.91 Å². The monoisotopic (exact) mass is 329 g/mol. The molecule has 1 aliphatic rings. The summed E-state index contributed by atoms with van der Waals surface area (Å²) in [5, 5.41) is 0.117. The van der Waals surface area contributed by atoms with Crippen LogP contribution in [0.15, 0.2) is 48.5 Å². The van der Waals surface area contributed by atoms with E-state index in [0.717, 1.165) is 28.9 Å². The highest BCUT2D eigenvalue weighted by atomic mass is 32.2. The standard InChI is InChI=1S/C19H20FNOS/c1-14-5-4-6-15(13-14)19(22)21-10-9-18(23-12-11-21)16-7-2-3-8-17(16)20/h2-8,13,18H,9-12H2,1H3. The van der Waals surface area contributed by atoms with Crippen LogP contribution in [0.2, 0.25) is 0 Å².